The summed E-state index contributed by atoms with van der Waals surface area (Å²) in [5.74, 6) is -1.84. The lowest BCUT2D eigenvalue weighted by Gasteiger charge is -1.91. The van der Waals surface area contributed by atoms with Gasteiger partial charge < -0.3 is 0 Å². The van der Waals surface area contributed by atoms with Crippen molar-refractivity contribution in [2.45, 2.75) is 6.92 Å². The van der Waals surface area contributed by atoms with Crippen LogP contribution in [0.4, 0.5) is 10.2 Å². The van der Waals surface area contributed by atoms with Gasteiger partial charge in [-0.3, -0.25) is 9.78 Å². The SMILES string of the molecule is CC(=O)N=Nc1[nH]c(=O)ncc1F. The van der Waals surface area contributed by atoms with Crippen molar-refractivity contribution in [3.8, 4) is 0 Å². The van der Waals surface area contributed by atoms with Gasteiger partial charge in [-0.2, -0.15) is 4.98 Å². The van der Waals surface area contributed by atoms with Crippen molar-refractivity contribution in [3.05, 3.63) is 22.5 Å². The van der Waals surface area contributed by atoms with E-state index in [9.17, 15) is 14.0 Å². The van der Waals surface area contributed by atoms with Crippen molar-refractivity contribution >= 4 is 11.7 Å². The second-order valence-electron chi connectivity index (χ2n) is 2.10. The second-order valence-corrected chi connectivity index (χ2v) is 2.10. The Morgan fingerprint density at radius 1 is 1.69 bits per heavy atom. The Morgan fingerprint density at radius 2 is 2.38 bits per heavy atom. The number of rotatable bonds is 1. The molecule has 6 nitrogen and oxygen atoms in total. The minimum absolute atomic E-state index is 0.407. The van der Waals surface area contributed by atoms with Gasteiger partial charge in [0.05, 0.1) is 6.20 Å². The molecule has 0 spiro atoms. The lowest BCUT2D eigenvalue weighted by molar-refractivity contribution is -0.116. The first kappa shape index (κ1) is 9.17. The first-order valence-electron chi connectivity index (χ1n) is 3.26. The second kappa shape index (κ2) is 3.65. The van der Waals surface area contributed by atoms with Crippen LogP contribution in [-0.2, 0) is 4.79 Å². The normalized spacial score (nSPS) is 10.6. The number of nitrogens with zero attached hydrogens (tertiary/aromatic N) is 3. The van der Waals surface area contributed by atoms with Crippen LogP contribution in [0.25, 0.3) is 0 Å². The molecule has 0 aliphatic rings. The number of amides is 1. The van der Waals surface area contributed by atoms with Crippen molar-refractivity contribution in [2.75, 3.05) is 0 Å². The summed E-state index contributed by atoms with van der Waals surface area (Å²) in [5.41, 5.74) is -0.751. The summed E-state index contributed by atoms with van der Waals surface area (Å²) in [6, 6.07) is 0. The molecule has 0 aromatic carbocycles. The maximum absolute atomic E-state index is 12.7. The van der Waals surface area contributed by atoms with Crippen molar-refractivity contribution in [2.24, 2.45) is 10.2 Å². The van der Waals surface area contributed by atoms with Crippen molar-refractivity contribution in [1.82, 2.24) is 9.97 Å². The van der Waals surface area contributed by atoms with Gasteiger partial charge in [-0.15, -0.1) is 10.2 Å². The number of halogens is 1. The first-order chi connectivity index (χ1) is 6.09. The Hall–Kier alpha value is -1.92. The van der Waals surface area contributed by atoms with Gasteiger partial charge in [-0.1, -0.05) is 0 Å². The number of carbonyl (C=O) groups is 1. The zero-order valence-corrected chi connectivity index (χ0v) is 6.61. The monoisotopic (exact) mass is 184 g/mol. The van der Waals surface area contributed by atoms with Crippen LogP contribution in [0.1, 0.15) is 6.92 Å². The van der Waals surface area contributed by atoms with Gasteiger partial charge in [-0.25, -0.2) is 9.18 Å². The minimum atomic E-state index is -0.843. The maximum Gasteiger partial charge on any atom is 0.346 e. The van der Waals surface area contributed by atoms with Gasteiger partial charge in [0.15, 0.2) is 11.6 Å². The van der Waals surface area contributed by atoms with Crippen LogP contribution in [0.15, 0.2) is 21.2 Å². The molecule has 0 radical (unpaired) electrons. The molecule has 0 saturated carbocycles. The Balaban J connectivity index is 3.07. The highest BCUT2D eigenvalue weighted by molar-refractivity contribution is 5.73. The number of aromatic amines is 1. The zero-order valence-electron chi connectivity index (χ0n) is 6.61. The fraction of sp³-hybridized carbons (Fsp3) is 0.167. The van der Waals surface area contributed by atoms with Gasteiger partial charge >= 0.3 is 5.69 Å². The molecule has 1 heterocycles. The molecule has 0 unspecified atom stereocenters. The summed E-state index contributed by atoms with van der Waals surface area (Å²) in [6.07, 6.45) is 0.702. The molecule has 1 N–H and O–H groups in total. The Bertz CT molecular complexity index is 411. The fourth-order valence-corrected chi connectivity index (χ4v) is 0.563. The quantitative estimate of drug-likeness (QED) is 0.646. The number of hydrogen-bond donors (Lipinski definition) is 1. The molecule has 0 aliphatic carbocycles. The van der Waals surface area contributed by atoms with E-state index < -0.39 is 23.2 Å². The Morgan fingerprint density at radius 3 is 3.00 bits per heavy atom. The Kier molecular flexibility index (Phi) is 2.58. The molecule has 1 aromatic heterocycles. The minimum Gasteiger partial charge on any atom is -0.286 e. The third-order valence-corrected chi connectivity index (χ3v) is 1.04. The van der Waals surface area contributed by atoms with Gasteiger partial charge in [0.2, 0.25) is 0 Å². The number of hydrogen-bond acceptors (Lipinski definition) is 4. The van der Waals surface area contributed by atoms with E-state index >= 15 is 0 Å². The number of carbonyl (C=O) groups excluding carboxylic acids is 1. The third-order valence-electron chi connectivity index (χ3n) is 1.04. The van der Waals surface area contributed by atoms with E-state index in [4.69, 9.17) is 0 Å². The summed E-state index contributed by atoms with van der Waals surface area (Å²) in [5, 5.41) is 6.22. The summed E-state index contributed by atoms with van der Waals surface area (Å²) in [7, 11) is 0. The summed E-state index contributed by atoms with van der Waals surface area (Å²) < 4.78 is 12.7. The van der Waals surface area contributed by atoms with E-state index in [1.54, 1.807) is 0 Å². The molecule has 0 saturated heterocycles. The topological polar surface area (TPSA) is 87.5 Å². The van der Waals surface area contributed by atoms with Crippen LogP contribution < -0.4 is 5.69 Å². The predicted molar refractivity (Wildman–Crippen MR) is 40.0 cm³/mol. The summed E-state index contributed by atoms with van der Waals surface area (Å²) in [4.78, 5) is 26.0. The van der Waals surface area contributed by atoms with Crippen LogP contribution in [0.2, 0.25) is 0 Å². The predicted octanol–water partition coefficient (Wildman–Crippen LogP) is 0.539. The van der Waals surface area contributed by atoms with E-state index in [0.717, 1.165) is 6.92 Å². The number of H-pyrrole nitrogens is 1. The van der Waals surface area contributed by atoms with Gasteiger partial charge in [0.25, 0.3) is 5.91 Å². The average Bonchev–Trinajstić information content (AvgIpc) is 2.06. The molecule has 0 bridgehead atoms. The molecule has 0 aliphatic heterocycles. The highest BCUT2D eigenvalue weighted by atomic mass is 19.1. The lowest BCUT2D eigenvalue weighted by Crippen LogP contribution is -2.09. The van der Waals surface area contributed by atoms with Crippen LogP contribution in [0.3, 0.4) is 0 Å². The van der Waals surface area contributed by atoms with E-state index in [1.165, 1.54) is 0 Å². The lowest BCUT2D eigenvalue weighted by atomic mass is 10.6. The average molecular weight is 184 g/mol. The first-order valence-corrected chi connectivity index (χ1v) is 3.26. The van der Waals surface area contributed by atoms with Crippen molar-refractivity contribution in [1.29, 1.82) is 0 Å². The van der Waals surface area contributed by atoms with Crippen LogP contribution in [0.5, 0.6) is 0 Å². The molecule has 1 aromatic rings. The van der Waals surface area contributed by atoms with Crippen LogP contribution in [0, 0.1) is 5.82 Å². The maximum atomic E-state index is 12.7. The van der Waals surface area contributed by atoms with Crippen LogP contribution in [-0.4, -0.2) is 15.9 Å². The zero-order chi connectivity index (χ0) is 9.84. The standard InChI is InChI=1S/C6H5FN4O2/c1-3(12)10-11-5-4(7)2-8-6(13)9-5/h2H,1H3,(H,8,9,13). The van der Waals surface area contributed by atoms with E-state index in [2.05, 4.69) is 15.2 Å². The fourth-order valence-electron chi connectivity index (χ4n) is 0.563. The van der Waals surface area contributed by atoms with Crippen LogP contribution >= 0.6 is 0 Å². The van der Waals surface area contributed by atoms with Gasteiger partial charge in [0, 0.05) is 6.92 Å². The van der Waals surface area contributed by atoms with Crippen molar-refractivity contribution in [3.63, 3.8) is 0 Å². The number of aromatic nitrogens is 2. The number of nitrogens with one attached hydrogen (secondary N) is 1. The highest BCUT2D eigenvalue weighted by Crippen LogP contribution is 2.09. The van der Waals surface area contributed by atoms with E-state index in [-0.39, 0.29) is 0 Å². The molecular weight excluding hydrogens is 179 g/mol. The van der Waals surface area contributed by atoms with Gasteiger partial charge in [0.1, 0.15) is 0 Å². The molecule has 0 atom stereocenters. The summed E-state index contributed by atoms with van der Waals surface area (Å²) in [6.45, 7) is 1.15. The van der Waals surface area contributed by atoms with E-state index in [0.29, 0.717) is 6.20 Å². The molecule has 68 valence electrons. The largest absolute Gasteiger partial charge is 0.346 e. The molecular formula is C6H5FN4O2. The molecule has 13 heavy (non-hydrogen) atoms. The highest BCUT2D eigenvalue weighted by Gasteiger charge is 2.01. The third kappa shape index (κ3) is 2.55. The molecule has 1 amide bonds. The van der Waals surface area contributed by atoms with Crippen molar-refractivity contribution < 1.29 is 9.18 Å². The molecule has 0 fully saturated rings. The molecule has 7 heteroatoms. The smallest absolute Gasteiger partial charge is 0.286 e. The Labute approximate surface area is 71.5 Å². The van der Waals surface area contributed by atoms with E-state index in [1.807, 2.05) is 4.98 Å². The van der Waals surface area contributed by atoms with Gasteiger partial charge in [-0.05, 0) is 0 Å². The number of azo groups is 1. The summed E-state index contributed by atoms with van der Waals surface area (Å²) >= 11 is 0. The molecule has 1 rings (SSSR count).